The van der Waals surface area contributed by atoms with Gasteiger partial charge in [-0.25, -0.2) is 9.18 Å². The van der Waals surface area contributed by atoms with E-state index in [1.165, 1.54) is 12.1 Å². The summed E-state index contributed by atoms with van der Waals surface area (Å²) in [6.07, 6.45) is 0. The number of morpholine rings is 1. The Morgan fingerprint density at radius 2 is 2.10 bits per heavy atom. The van der Waals surface area contributed by atoms with Crippen molar-refractivity contribution in [3.63, 3.8) is 0 Å². The Morgan fingerprint density at radius 1 is 1.40 bits per heavy atom. The second-order valence-electron chi connectivity index (χ2n) is 4.54. The Labute approximate surface area is 118 Å². The zero-order valence-corrected chi connectivity index (χ0v) is 11.2. The number of carbonyl (C=O) groups is 1. The molecule has 0 radical (unpaired) electrons. The van der Waals surface area contributed by atoms with Gasteiger partial charge in [0.25, 0.3) is 0 Å². The number of nitrogens with one attached hydrogen (secondary N) is 1. The van der Waals surface area contributed by atoms with Crippen LogP contribution in [0.4, 0.5) is 10.1 Å². The number of fused-ring (bicyclic) bond motifs is 1. The summed E-state index contributed by atoms with van der Waals surface area (Å²) >= 11 is 6.02. The van der Waals surface area contributed by atoms with Gasteiger partial charge in [-0.1, -0.05) is 11.6 Å². The summed E-state index contributed by atoms with van der Waals surface area (Å²) < 4.78 is 18.9. The van der Waals surface area contributed by atoms with Crippen molar-refractivity contribution in [2.75, 3.05) is 31.2 Å². The molecule has 1 aliphatic rings. The minimum absolute atomic E-state index is 0.0226. The van der Waals surface area contributed by atoms with Crippen LogP contribution in [0.5, 0.6) is 0 Å². The van der Waals surface area contributed by atoms with Crippen LogP contribution in [0, 0.1) is 5.82 Å². The van der Waals surface area contributed by atoms with Crippen LogP contribution in [0.2, 0.25) is 5.02 Å². The molecule has 2 aromatic rings. The first kappa shape index (κ1) is 13.2. The fourth-order valence-corrected chi connectivity index (χ4v) is 2.72. The van der Waals surface area contributed by atoms with Gasteiger partial charge in [-0.15, -0.1) is 0 Å². The molecule has 1 saturated heterocycles. The molecule has 1 aromatic carbocycles. The number of aromatic carboxylic acids is 1. The lowest BCUT2D eigenvalue weighted by Crippen LogP contribution is -2.37. The monoisotopic (exact) mass is 298 g/mol. The number of H-pyrrole nitrogens is 1. The zero-order valence-electron chi connectivity index (χ0n) is 10.4. The largest absolute Gasteiger partial charge is 0.477 e. The fourth-order valence-electron chi connectivity index (χ4n) is 2.46. The third kappa shape index (κ3) is 2.01. The summed E-state index contributed by atoms with van der Waals surface area (Å²) in [4.78, 5) is 16.1. The van der Waals surface area contributed by atoms with Crippen LogP contribution in [-0.2, 0) is 4.74 Å². The summed E-state index contributed by atoms with van der Waals surface area (Å²) in [5.74, 6) is -1.66. The van der Waals surface area contributed by atoms with Crippen molar-refractivity contribution in [2.24, 2.45) is 0 Å². The molecule has 20 heavy (non-hydrogen) atoms. The normalized spacial score (nSPS) is 15.8. The number of halogens is 2. The molecule has 106 valence electrons. The molecule has 2 N–H and O–H groups in total. The number of carboxylic acids is 1. The van der Waals surface area contributed by atoms with Crippen LogP contribution in [0.25, 0.3) is 10.9 Å². The van der Waals surface area contributed by atoms with Crippen molar-refractivity contribution in [2.45, 2.75) is 0 Å². The summed E-state index contributed by atoms with van der Waals surface area (Å²) in [5.41, 5.74) is 0.963. The first-order valence-corrected chi connectivity index (χ1v) is 6.53. The van der Waals surface area contributed by atoms with Crippen molar-refractivity contribution in [3.8, 4) is 0 Å². The van der Waals surface area contributed by atoms with Gasteiger partial charge in [-0.05, 0) is 12.1 Å². The minimum Gasteiger partial charge on any atom is -0.477 e. The summed E-state index contributed by atoms with van der Waals surface area (Å²) in [5, 5.41) is 9.68. The molecule has 3 rings (SSSR count). The van der Waals surface area contributed by atoms with Crippen LogP contribution in [0.15, 0.2) is 12.1 Å². The van der Waals surface area contributed by atoms with Crippen LogP contribution in [-0.4, -0.2) is 42.4 Å². The zero-order chi connectivity index (χ0) is 14.3. The van der Waals surface area contributed by atoms with Crippen molar-refractivity contribution < 1.29 is 19.0 Å². The number of benzene rings is 1. The van der Waals surface area contributed by atoms with E-state index in [0.717, 1.165) is 0 Å². The number of aromatic nitrogens is 1. The molecule has 1 aliphatic heterocycles. The maximum atomic E-state index is 13.7. The highest BCUT2D eigenvalue weighted by molar-refractivity contribution is 6.37. The van der Waals surface area contributed by atoms with E-state index in [0.29, 0.717) is 42.9 Å². The highest BCUT2D eigenvalue weighted by Crippen LogP contribution is 2.37. The predicted molar refractivity (Wildman–Crippen MR) is 73.3 cm³/mol. The van der Waals surface area contributed by atoms with Crippen molar-refractivity contribution in [1.29, 1.82) is 0 Å². The molecule has 7 heteroatoms. The average molecular weight is 299 g/mol. The highest BCUT2D eigenvalue weighted by Gasteiger charge is 2.26. The van der Waals surface area contributed by atoms with E-state index in [-0.39, 0.29) is 10.7 Å². The topological polar surface area (TPSA) is 65.6 Å². The third-order valence-corrected chi connectivity index (χ3v) is 3.74. The molecule has 0 atom stereocenters. The number of rotatable bonds is 2. The number of nitrogens with zero attached hydrogens (tertiary/aromatic N) is 1. The SMILES string of the molecule is O=C(O)c1[nH]c2ccc(F)c(Cl)c2c1N1CCOCC1. The Kier molecular flexibility index (Phi) is 3.27. The first-order chi connectivity index (χ1) is 9.59. The molecular weight excluding hydrogens is 287 g/mol. The maximum Gasteiger partial charge on any atom is 0.354 e. The van der Waals surface area contributed by atoms with E-state index in [4.69, 9.17) is 16.3 Å². The molecule has 1 fully saturated rings. The highest BCUT2D eigenvalue weighted by atomic mass is 35.5. The van der Waals surface area contributed by atoms with Gasteiger partial charge in [0.15, 0.2) is 0 Å². The number of hydrogen-bond acceptors (Lipinski definition) is 3. The van der Waals surface area contributed by atoms with Gasteiger partial charge in [0.05, 0.1) is 23.9 Å². The fraction of sp³-hybridized carbons (Fsp3) is 0.308. The third-order valence-electron chi connectivity index (χ3n) is 3.37. The van der Waals surface area contributed by atoms with Crippen LogP contribution in [0.3, 0.4) is 0 Å². The lowest BCUT2D eigenvalue weighted by Gasteiger charge is -2.29. The van der Waals surface area contributed by atoms with E-state index in [9.17, 15) is 14.3 Å². The van der Waals surface area contributed by atoms with Crippen molar-refractivity contribution >= 4 is 34.2 Å². The first-order valence-electron chi connectivity index (χ1n) is 6.15. The Bertz CT molecular complexity index is 680. The maximum absolute atomic E-state index is 13.7. The summed E-state index contributed by atoms with van der Waals surface area (Å²) in [6.45, 7) is 2.08. The number of aromatic amines is 1. The van der Waals surface area contributed by atoms with Gasteiger partial charge in [-0.3, -0.25) is 0 Å². The average Bonchev–Trinajstić information content (AvgIpc) is 2.84. The van der Waals surface area contributed by atoms with Crippen molar-refractivity contribution in [1.82, 2.24) is 4.98 Å². The Morgan fingerprint density at radius 3 is 2.75 bits per heavy atom. The Hall–Kier alpha value is -1.79. The molecule has 0 spiro atoms. The summed E-state index contributed by atoms with van der Waals surface area (Å²) in [6, 6.07) is 2.71. The number of carboxylic acid groups (broad SMARTS) is 1. The van der Waals surface area contributed by atoms with Gasteiger partial charge in [0, 0.05) is 24.0 Å². The van der Waals surface area contributed by atoms with Gasteiger partial charge in [-0.2, -0.15) is 0 Å². The molecule has 0 unspecified atom stereocenters. The van der Waals surface area contributed by atoms with Crippen LogP contribution >= 0.6 is 11.6 Å². The van der Waals surface area contributed by atoms with E-state index in [2.05, 4.69) is 4.98 Å². The van der Waals surface area contributed by atoms with Gasteiger partial charge >= 0.3 is 5.97 Å². The lowest BCUT2D eigenvalue weighted by molar-refractivity contribution is 0.0691. The number of hydrogen-bond donors (Lipinski definition) is 2. The standard InChI is InChI=1S/C13H12ClFN2O3/c14-10-7(15)1-2-8-9(10)12(11(16-8)13(18)19)17-3-5-20-6-4-17/h1-2,16H,3-6H2,(H,18,19). The van der Waals surface area contributed by atoms with Gasteiger partial charge in [0.2, 0.25) is 0 Å². The molecule has 0 bridgehead atoms. The van der Waals surface area contributed by atoms with Crippen LogP contribution < -0.4 is 4.90 Å². The molecule has 0 saturated carbocycles. The van der Waals surface area contributed by atoms with E-state index >= 15 is 0 Å². The molecule has 0 amide bonds. The Balaban J connectivity index is 2.27. The van der Waals surface area contributed by atoms with E-state index < -0.39 is 11.8 Å². The predicted octanol–water partition coefficient (Wildman–Crippen LogP) is 2.50. The lowest BCUT2D eigenvalue weighted by atomic mass is 10.2. The second-order valence-corrected chi connectivity index (χ2v) is 4.92. The van der Waals surface area contributed by atoms with Crippen molar-refractivity contribution in [3.05, 3.63) is 28.7 Å². The minimum atomic E-state index is -1.10. The molecule has 5 nitrogen and oxygen atoms in total. The van der Waals surface area contributed by atoms with Gasteiger partial charge in [0.1, 0.15) is 11.5 Å². The number of ether oxygens (including phenoxy) is 1. The summed E-state index contributed by atoms with van der Waals surface area (Å²) in [7, 11) is 0. The van der Waals surface area contributed by atoms with E-state index in [1.807, 2.05) is 4.90 Å². The van der Waals surface area contributed by atoms with Gasteiger partial charge < -0.3 is 19.7 Å². The molecular formula is C13H12ClFN2O3. The smallest absolute Gasteiger partial charge is 0.354 e. The quantitative estimate of drug-likeness (QED) is 0.894. The van der Waals surface area contributed by atoms with Crippen LogP contribution in [0.1, 0.15) is 10.5 Å². The molecule has 1 aromatic heterocycles. The number of anilines is 1. The second kappa shape index (κ2) is 4.96. The molecule has 2 heterocycles. The molecule has 0 aliphatic carbocycles. The van der Waals surface area contributed by atoms with E-state index in [1.54, 1.807) is 0 Å².